The highest BCUT2D eigenvalue weighted by molar-refractivity contribution is 6.67. The lowest BCUT2D eigenvalue weighted by molar-refractivity contribution is 0.0845. The van der Waals surface area contributed by atoms with E-state index in [0.717, 1.165) is 0 Å². The number of benzene rings is 1. The molecule has 0 N–H and O–H groups in total. The summed E-state index contributed by atoms with van der Waals surface area (Å²) < 4.78 is 17.4. The van der Waals surface area contributed by atoms with Crippen molar-refractivity contribution in [3.8, 4) is 0 Å². The molecule has 0 heterocycles. The second kappa shape index (κ2) is 7.18. The standard InChI is InChI=1S/C16H24O3Si/c1-4-17-20(18-5-2,19-6-3)12-11-14-7-8-15-9-10-16(15)13-14/h7-8,11-13H,4-6,9-10H2,1-3H3. The average molecular weight is 292 g/mol. The van der Waals surface area contributed by atoms with Crippen LogP contribution in [0.2, 0.25) is 0 Å². The highest BCUT2D eigenvalue weighted by atomic mass is 28.4. The number of hydrogen-bond donors (Lipinski definition) is 0. The molecule has 0 fully saturated rings. The zero-order valence-electron chi connectivity index (χ0n) is 12.6. The van der Waals surface area contributed by atoms with E-state index in [9.17, 15) is 0 Å². The largest absolute Gasteiger partial charge is 0.529 e. The average Bonchev–Trinajstić information content (AvgIpc) is 2.40. The summed E-state index contributed by atoms with van der Waals surface area (Å²) >= 11 is 0. The molecule has 20 heavy (non-hydrogen) atoms. The van der Waals surface area contributed by atoms with Gasteiger partial charge in [-0.3, -0.25) is 0 Å². The molecule has 2 rings (SSSR count). The highest BCUT2D eigenvalue weighted by Gasteiger charge is 2.37. The summed E-state index contributed by atoms with van der Waals surface area (Å²) in [6.45, 7) is 7.71. The molecule has 0 saturated heterocycles. The quantitative estimate of drug-likeness (QED) is 0.687. The number of fused-ring (bicyclic) bond motifs is 1. The molecular formula is C16H24O3Si. The van der Waals surface area contributed by atoms with Crippen molar-refractivity contribution in [1.82, 2.24) is 0 Å². The molecule has 0 bridgehead atoms. The maximum Gasteiger partial charge on any atom is 0.529 e. The van der Waals surface area contributed by atoms with Crippen molar-refractivity contribution in [3.05, 3.63) is 40.6 Å². The van der Waals surface area contributed by atoms with Crippen LogP contribution in [0.1, 0.15) is 37.5 Å². The first kappa shape index (κ1) is 15.4. The van der Waals surface area contributed by atoms with Crippen molar-refractivity contribution in [2.75, 3.05) is 19.8 Å². The van der Waals surface area contributed by atoms with Crippen molar-refractivity contribution in [2.24, 2.45) is 0 Å². The highest BCUT2D eigenvalue weighted by Crippen LogP contribution is 2.24. The van der Waals surface area contributed by atoms with Gasteiger partial charge in [-0.25, -0.2) is 0 Å². The van der Waals surface area contributed by atoms with E-state index in [1.807, 2.05) is 26.5 Å². The van der Waals surface area contributed by atoms with Crippen LogP contribution in [0.3, 0.4) is 0 Å². The predicted octanol–water partition coefficient (Wildman–Crippen LogP) is 3.39. The molecule has 0 unspecified atom stereocenters. The first-order valence-corrected chi connectivity index (χ1v) is 9.26. The van der Waals surface area contributed by atoms with E-state index < -0.39 is 8.80 Å². The molecule has 3 nitrogen and oxygen atoms in total. The molecular weight excluding hydrogens is 268 g/mol. The Kier molecular flexibility index (Phi) is 5.54. The van der Waals surface area contributed by atoms with Gasteiger partial charge in [-0.05, 0) is 56.0 Å². The van der Waals surface area contributed by atoms with Gasteiger partial charge in [0.25, 0.3) is 0 Å². The fourth-order valence-corrected chi connectivity index (χ4v) is 4.53. The van der Waals surface area contributed by atoms with E-state index in [1.54, 1.807) is 0 Å². The van der Waals surface area contributed by atoms with Gasteiger partial charge in [-0.1, -0.05) is 24.3 Å². The van der Waals surface area contributed by atoms with Gasteiger partial charge in [0.2, 0.25) is 0 Å². The number of hydrogen-bond acceptors (Lipinski definition) is 3. The van der Waals surface area contributed by atoms with E-state index >= 15 is 0 Å². The summed E-state index contributed by atoms with van der Waals surface area (Å²) in [6, 6.07) is 6.61. The summed E-state index contributed by atoms with van der Waals surface area (Å²) in [5, 5.41) is 0. The van der Waals surface area contributed by atoms with Crippen LogP contribution in [-0.2, 0) is 26.1 Å². The minimum Gasteiger partial charge on any atom is -0.371 e. The topological polar surface area (TPSA) is 27.7 Å². The summed E-state index contributed by atoms with van der Waals surface area (Å²) in [5.41, 5.74) is 6.14. The van der Waals surface area contributed by atoms with Crippen molar-refractivity contribution >= 4 is 14.9 Å². The van der Waals surface area contributed by atoms with Gasteiger partial charge in [0, 0.05) is 19.8 Å². The molecule has 1 aliphatic rings. The number of aryl methyl sites for hydroxylation is 2. The molecule has 110 valence electrons. The first-order chi connectivity index (χ1) is 9.73. The molecule has 1 aliphatic carbocycles. The summed E-state index contributed by atoms with van der Waals surface area (Å²) in [6.07, 6.45) is 4.49. The van der Waals surface area contributed by atoms with Crippen molar-refractivity contribution in [2.45, 2.75) is 33.6 Å². The Morgan fingerprint density at radius 2 is 1.55 bits per heavy atom. The minimum absolute atomic E-state index is 0.598. The smallest absolute Gasteiger partial charge is 0.371 e. The van der Waals surface area contributed by atoms with E-state index in [4.69, 9.17) is 13.3 Å². The molecule has 1 aromatic rings. The third kappa shape index (κ3) is 3.58. The fraction of sp³-hybridized carbons (Fsp3) is 0.500. The summed E-state index contributed by atoms with van der Waals surface area (Å²) in [4.78, 5) is 0. The molecule has 4 heteroatoms. The molecule has 0 atom stereocenters. The Morgan fingerprint density at radius 1 is 0.950 bits per heavy atom. The first-order valence-electron chi connectivity index (χ1n) is 7.46. The monoisotopic (exact) mass is 292 g/mol. The van der Waals surface area contributed by atoms with E-state index in [-0.39, 0.29) is 0 Å². The van der Waals surface area contributed by atoms with E-state index in [1.165, 1.54) is 29.5 Å². The lowest BCUT2D eigenvalue weighted by atomic mass is 9.87. The SMILES string of the molecule is CCO[Si](C=Cc1ccc2c(c1)CC2)(OCC)OCC. The summed E-state index contributed by atoms with van der Waals surface area (Å²) in [5.74, 6) is 0. The Bertz CT molecular complexity index is 454. The molecule has 0 radical (unpaired) electrons. The summed E-state index contributed by atoms with van der Waals surface area (Å²) in [7, 11) is -2.67. The Labute approximate surface area is 122 Å². The van der Waals surface area contributed by atoms with Gasteiger partial charge < -0.3 is 13.3 Å². The van der Waals surface area contributed by atoms with Crippen molar-refractivity contribution < 1.29 is 13.3 Å². The van der Waals surface area contributed by atoms with Crippen LogP contribution in [-0.4, -0.2) is 28.6 Å². The molecule has 0 aliphatic heterocycles. The third-order valence-electron chi connectivity index (χ3n) is 3.41. The van der Waals surface area contributed by atoms with Gasteiger partial charge in [0.15, 0.2) is 0 Å². The molecule has 1 aromatic carbocycles. The normalized spacial score (nSPS) is 14.3. The van der Waals surface area contributed by atoms with Crippen LogP contribution in [0, 0.1) is 0 Å². The molecule has 0 amide bonds. The van der Waals surface area contributed by atoms with Gasteiger partial charge >= 0.3 is 8.80 Å². The minimum atomic E-state index is -2.67. The molecule has 0 aromatic heterocycles. The molecule has 0 saturated carbocycles. The fourth-order valence-electron chi connectivity index (χ4n) is 2.39. The second-order valence-corrected chi connectivity index (χ2v) is 7.17. The van der Waals surface area contributed by atoms with Crippen LogP contribution < -0.4 is 0 Å². The lowest BCUT2D eigenvalue weighted by Crippen LogP contribution is -2.44. The van der Waals surface area contributed by atoms with Crippen LogP contribution in [0.5, 0.6) is 0 Å². The zero-order chi connectivity index (χ0) is 14.4. The Balaban J connectivity index is 2.15. The maximum absolute atomic E-state index is 5.81. The van der Waals surface area contributed by atoms with Gasteiger partial charge in [0.1, 0.15) is 0 Å². The van der Waals surface area contributed by atoms with Crippen molar-refractivity contribution in [3.63, 3.8) is 0 Å². The van der Waals surface area contributed by atoms with Gasteiger partial charge in [0.05, 0.1) is 0 Å². The zero-order valence-corrected chi connectivity index (χ0v) is 13.6. The van der Waals surface area contributed by atoms with Crippen LogP contribution in [0.25, 0.3) is 6.08 Å². The van der Waals surface area contributed by atoms with Crippen molar-refractivity contribution in [1.29, 1.82) is 0 Å². The number of rotatable bonds is 8. The Hall–Kier alpha value is -0.943. The van der Waals surface area contributed by atoms with E-state index in [0.29, 0.717) is 19.8 Å². The van der Waals surface area contributed by atoms with E-state index in [2.05, 4.69) is 24.3 Å². The third-order valence-corrected chi connectivity index (χ3v) is 6.06. The predicted molar refractivity (Wildman–Crippen MR) is 83.5 cm³/mol. The van der Waals surface area contributed by atoms with Gasteiger partial charge in [-0.2, -0.15) is 0 Å². The van der Waals surface area contributed by atoms with Crippen LogP contribution in [0.15, 0.2) is 23.9 Å². The van der Waals surface area contributed by atoms with Crippen LogP contribution >= 0.6 is 0 Å². The lowest BCUT2D eigenvalue weighted by Gasteiger charge is -2.25. The second-order valence-electron chi connectivity index (χ2n) is 4.76. The Morgan fingerprint density at radius 3 is 2.00 bits per heavy atom. The van der Waals surface area contributed by atoms with Crippen LogP contribution in [0.4, 0.5) is 0 Å². The van der Waals surface area contributed by atoms with Gasteiger partial charge in [-0.15, -0.1) is 0 Å². The maximum atomic E-state index is 5.81. The molecule has 0 spiro atoms.